The van der Waals surface area contributed by atoms with Gasteiger partial charge in [0.05, 0.1) is 12.7 Å². The van der Waals surface area contributed by atoms with Crippen LogP contribution in [0.2, 0.25) is 5.28 Å². The van der Waals surface area contributed by atoms with Crippen LogP contribution in [0.3, 0.4) is 0 Å². The highest BCUT2D eigenvalue weighted by Crippen LogP contribution is 2.23. The third-order valence-electron chi connectivity index (χ3n) is 3.00. The zero-order chi connectivity index (χ0) is 14.6. The Morgan fingerprint density at radius 3 is 2.80 bits per heavy atom. The molecule has 0 spiro atoms. The fourth-order valence-electron chi connectivity index (χ4n) is 1.88. The Bertz CT molecular complexity index is 452. The Morgan fingerprint density at radius 2 is 2.20 bits per heavy atom. The Hall–Kier alpha value is -1.18. The van der Waals surface area contributed by atoms with Crippen molar-refractivity contribution in [2.24, 2.45) is 0 Å². The number of nitrogens with one attached hydrogen (secondary N) is 1. The normalized spacial score (nSPS) is 22.2. The molecular weight excluding hydrogens is 284 g/mol. The fourth-order valence-corrected chi connectivity index (χ4v) is 2.03. The Morgan fingerprint density at radius 1 is 1.40 bits per heavy atom. The van der Waals surface area contributed by atoms with E-state index in [0.717, 1.165) is 6.42 Å². The summed E-state index contributed by atoms with van der Waals surface area (Å²) in [6.45, 7) is 5.55. The van der Waals surface area contributed by atoms with Crippen LogP contribution in [0.1, 0.15) is 20.3 Å². The van der Waals surface area contributed by atoms with Crippen molar-refractivity contribution >= 4 is 17.5 Å². The number of anilines is 1. The van der Waals surface area contributed by atoms with Gasteiger partial charge in [-0.15, -0.1) is 0 Å². The predicted molar refractivity (Wildman–Crippen MR) is 74.3 cm³/mol. The van der Waals surface area contributed by atoms with Gasteiger partial charge in [0.2, 0.25) is 11.2 Å². The molecule has 0 radical (unpaired) electrons. The molecule has 0 amide bonds. The molecule has 1 atom stereocenters. The van der Waals surface area contributed by atoms with Gasteiger partial charge in [-0.2, -0.15) is 15.0 Å². The average molecular weight is 303 g/mol. The quantitative estimate of drug-likeness (QED) is 0.853. The highest BCUT2D eigenvalue weighted by Gasteiger charge is 2.35. The Kier molecular flexibility index (Phi) is 4.95. The molecule has 7 nitrogen and oxygen atoms in total. The second-order valence-electron chi connectivity index (χ2n) is 4.92. The van der Waals surface area contributed by atoms with Crippen LogP contribution in [-0.4, -0.2) is 53.5 Å². The summed E-state index contributed by atoms with van der Waals surface area (Å²) in [6, 6.07) is 0.205. The van der Waals surface area contributed by atoms with Crippen LogP contribution in [-0.2, 0) is 9.47 Å². The van der Waals surface area contributed by atoms with Gasteiger partial charge in [0, 0.05) is 26.7 Å². The first kappa shape index (κ1) is 15.2. The van der Waals surface area contributed by atoms with Crippen molar-refractivity contribution in [1.82, 2.24) is 15.0 Å². The Labute approximate surface area is 123 Å². The van der Waals surface area contributed by atoms with Crippen molar-refractivity contribution in [3.63, 3.8) is 0 Å². The van der Waals surface area contributed by atoms with Crippen LogP contribution < -0.4 is 10.1 Å². The molecule has 2 heterocycles. The van der Waals surface area contributed by atoms with E-state index in [1.54, 1.807) is 7.11 Å². The SMILES string of the molecule is COC1(CNc2nc(Cl)nc(OC(C)C)n2)CCOC1. The molecule has 20 heavy (non-hydrogen) atoms. The van der Waals surface area contributed by atoms with Crippen LogP contribution in [0.5, 0.6) is 6.01 Å². The number of methoxy groups -OCH3 is 1. The summed E-state index contributed by atoms with van der Waals surface area (Å²) in [7, 11) is 1.67. The van der Waals surface area contributed by atoms with Crippen LogP contribution >= 0.6 is 11.6 Å². The van der Waals surface area contributed by atoms with E-state index in [-0.39, 0.29) is 23.0 Å². The second-order valence-corrected chi connectivity index (χ2v) is 5.26. The summed E-state index contributed by atoms with van der Waals surface area (Å²) in [5.41, 5.74) is -0.349. The third-order valence-corrected chi connectivity index (χ3v) is 3.17. The molecule has 1 aromatic heterocycles. The lowest BCUT2D eigenvalue weighted by Crippen LogP contribution is -2.40. The molecule has 2 rings (SSSR count). The maximum atomic E-state index is 5.86. The van der Waals surface area contributed by atoms with Crippen molar-refractivity contribution in [2.75, 3.05) is 32.2 Å². The standard InChI is InChI=1S/C12H19ClN4O3/c1-8(2)20-11-16-9(13)15-10(17-11)14-6-12(18-3)4-5-19-7-12/h8H,4-7H2,1-3H3,(H,14,15,16,17). The predicted octanol–water partition coefficient (Wildman–Crippen LogP) is 1.53. The van der Waals surface area contributed by atoms with Gasteiger partial charge in [0.1, 0.15) is 5.60 Å². The zero-order valence-electron chi connectivity index (χ0n) is 11.9. The molecule has 0 aromatic carbocycles. The highest BCUT2D eigenvalue weighted by molar-refractivity contribution is 6.28. The molecule has 1 N–H and O–H groups in total. The summed E-state index contributed by atoms with van der Waals surface area (Å²) < 4.78 is 16.3. The Balaban J connectivity index is 2.03. The molecular formula is C12H19ClN4O3. The minimum Gasteiger partial charge on any atom is -0.461 e. The largest absolute Gasteiger partial charge is 0.461 e. The van der Waals surface area contributed by atoms with E-state index in [1.165, 1.54) is 0 Å². The number of aromatic nitrogens is 3. The van der Waals surface area contributed by atoms with E-state index in [4.69, 9.17) is 25.8 Å². The van der Waals surface area contributed by atoms with Gasteiger partial charge in [-0.25, -0.2) is 0 Å². The maximum absolute atomic E-state index is 5.86. The lowest BCUT2D eigenvalue weighted by atomic mass is 10.0. The monoisotopic (exact) mass is 302 g/mol. The van der Waals surface area contributed by atoms with Gasteiger partial charge in [0.25, 0.3) is 0 Å². The van der Waals surface area contributed by atoms with E-state index in [1.807, 2.05) is 13.8 Å². The second kappa shape index (κ2) is 6.51. The number of hydrogen-bond donors (Lipinski definition) is 1. The topological polar surface area (TPSA) is 78.4 Å². The molecule has 1 unspecified atom stereocenters. The van der Waals surface area contributed by atoms with Crippen LogP contribution in [0, 0.1) is 0 Å². The van der Waals surface area contributed by atoms with Crippen molar-refractivity contribution < 1.29 is 14.2 Å². The summed E-state index contributed by atoms with van der Waals surface area (Å²) in [4.78, 5) is 12.1. The smallest absolute Gasteiger partial charge is 0.322 e. The third kappa shape index (κ3) is 3.91. The molecule has 1 aromatic rings. The average Bonchev–Trinajstić information content (AvgIpc) is 2.84. The first-order valence-corrected chi connectivity index (χ1v) is 6.86. The minimum absolute atomic E-state index is 0.0325. The van der Waals surface area contributed by atoms with Gasteiger partial charge in [-0.3, -0.25) is 0 Å². The molecule has 8 heteroatoms. The number of rotatable bonds is 6. The lowest BCUT2D eigenvalue weighted by Gasteiger charge is -2.25. The van der Waals surface area contributed by atoms with Crippen LogP contribution in [0.4, 0.5) is 5.95 Å². The summed E-state index contributed by atoms with van der Waals surface area (Å²) in [6.07, 6.45) is 0.792. The summed E-state index contributed by atoms with van der Waals surface area (Å²) in [5, 5.41) is 3.19. The molecule has 0 bridgehead atoms. The van der Waals surface area contributed by atoms with Gasteiger partial charge >= 0.3 is 6.01 Å². The first-order valence-electron chi connectivity index (χ1n) is 6.48. The van der Waals surface area contributed by atoms with Gasteiger partial charge in [-0.05, 0) is 25.4 Å². The van der Waals surface area contributed by atoms with Gasteiger partial charge < -0.3 is 19.5 Å². The molecule has 1 aliphatic rings. The van der Waals surface area contributed by atoms with Crippen molar-refractivity contribution in [1.29, 1.82) is 0 Å². The maximum Gasteiger partial charge on any atom is 0.322 e. The molecule has 0 aliphatic carbocycles. The number of ether oxygens (including phenoxy) is 3. The van der Waals surface area contributed by atoms with Gasteiger partial charge in [-0.1, -0.05) is 0 Å². The summed E-state index contributed by atoms with van der Waals surface area (Å²) >= 11 is 5.86. The molecule has 1 saturated heterocycles. The fraction of sp³-hybridized carbons (Fsp3) is 0.750. The summed E-state index contributed by atoms with van der Waals surface area (Å²) in [5.74, 6) is 0.365. The lowest BCUT2D eigenvalue weighted by molar-refractivity contribution is -0.00632. The minimum atomic E-state index is -0.349. The van der Waals surface area contributed by atoms with E-state index in [2.05, 4.69) is 20.3 Å². The number of hydrogen-bond acceptors (Lipinski definition) is 7. The van der Waals surface area contributed by atoms with Crippen LogP contribution in [0.25, 0.3) is 0 Å². The first-order chi connectivity index (χ1) is 9.53. The van der Waals surface area contributed by atoms with E-state index in [0.29, 0.717) is 25.7 Å². The van der Waals surface area contributed by atoms with E-state index in [9.17, 15) is 0 Å². The van der Waals surface area contributed by atoms with E-state index >= 15 is 0 Å². The zero-order valence-corrected chi connectivity index (χ0v) is 12.6. The molecule has 1 aliphatic heterocycles. The molecule has 1 fully saturated rings. The molecule has 112 valence electrons. The van der Waals surface area contributed by atoms with Gasteiger partial charge in [0.15, 0.2) is 0 Å². The van der Waals surface area contributed by atoms with E-state index < -0.39 is 0 Å². The highest BCUT2D eigenvalue weighted by atomic mass is 35.5. The van der Waals surface area contributed by atoms with Crippen molar-refractivity contribution in [3.05, 3.63) is 5.28 Å². The number of halogens is 1. The van der Waals surface area contributed by atoms with Crippen molar-refractivity contribution in [3.8, 4) is 6.01 Å². The van der Waals surface area contributed by atoms with Crippen LogP contribution in [0.15, 0.2) is 0 Å². The van der Waals surface area contributed by atoms with Crippen molar-refractivity contribution in [2.45, 2.75) is 32.0 Å². The molecule has 0 saturated carbocycles. The number of nitrogens with zero attached hydrogens (tertiary/aromatic N) is 3.